The predicted octanol–water partition coefficient (Wildman–Crippen LogP) is 4.35. The van der Waals surface area contributed by atoms with Crippen LogP contribution in [0.4, 0.5) is 5.69 Å². The second-order valence-corrected chi connectivity index (χ2v) is 5.71. The summed E-state index contributed by atoms with van der Waals surface area (Å²) < 4.78 is 10.5. The van der Waals surface area contributed by atoms with Gasteiger partial charge in [0.05, 0.1) is 19.3 Å². The molecule has 0 aliphatic carbocycles. The normalized spacial score (nSPS) is 10.2. The molecule has 0 aliphatic rings. The molecule has 0 saturated heterocycles. The van der Waals surface area contributed by atoms with Crippen LogP contribution in [0.3, 0.4) is 0 Å². The van der Waals surface area contributed by atoms with Gasteiger partial charge in [-0.2, -0.15) is 0 Å². The maximum atomic E-state index is 12.3. The summed E-state index contributed by atoms with van der Waals surface area (Å²) >= 11 is 5.93. The van der Waals surface area contributed by atoms with Gasteiger partial charge in [0.15, 0.2) is 5.78 Å². The minimum absolute atomic E-state index is 0.0690. The summed E-state index contributed by atoms with van der Waals surface area (Å²) in [6.45, 7) is 2.49. The summed E-state index contributed by atoms with van der Waals surface area (Å²) in [7, 11) is 1.48. The Hall–Kier alpha value is -2.53. The van der Waals surface area contributed by atoms with Gasteiger partial charge < -0.3 is 14.8 Å². The van der Waals surface area contributed by atoms with E-state index in [0.29, 0.717) is 28.6 Å². The number of nitrogens with one attached hydrogen (secondary N) is 1. The topological polar surface area (TPSA) is 64.6 Å². The monoisotopic (exact) mass is 361 g/mol. The molecule has 2 aromatic carbocycles. The van der Waals surface area contributed by atoms with E-state index >= 15 is 0 Å². The molecule has 0 saturated carbocycles. The molecule has 0 atom stereocenters. The van der Waals surface area contributed by atoms with E-state index in [2.05, 4.69) is 5.32 Å². The number of ketones is 1. The van der Waals surface area contributed by atoms with Crippen LogP contribution in [0.2, 0.25) is 5.02 Å². The second kappa shape index (κ2) is 9.08. The van der Waals surface area contributed by atoms with Gasteiger partial charge in [-0.25, -0.2) is 0 Å². The minimum Gasteiger partial charge on any atom is -0.496 e. The maximum Gasteiger partial charge on any atom is 0.224 e. The lowest BCUT2D eigenvalue weighted by Gasteiger charge is -2.09. The highest BCUT2D eigenvalue weighted by atomic mass is 35.5. The van der Waals surface area contributed by atoms with Gasteiger partial charge in [-0.3, -0.25) is 9.59 Å². The number of Topliss-reactive ketones (excluding diaryl/α,β-unsaturated/α-hetero) is 1. The van der Waals surface area contributed by atoms with Gasteiger partial charge in [-0.05, 0) is 49.4 Å². The highest BCUT2D eigenvalue weighted by molar-refractivity contribution is 6.31. The molecule has 0 heterocycles. The molecule has 1 N–H and O–H groups in total. The highest BCUT2D eigenvalue weighted by Gasteiger charge is 2.14. The number of halogens is 1. The first kappa shape index (κ1) is 18.8. The molecule has 0 radical (unpaired) electrons. The van der Waals surface area contributed by atoms with Crippen molar-refractivity contribution in [3.63, 3.8) is 0 Å². The zero-order chi connectivity index (χ0) is 18.2. The average Bonchev–Trinajstić information content (AvgIpc) is 2.61. The standard InChI is InChI=1S/C19H20ClNO4/c1-3-25-15-7-5-14(6-8-15)21-19(23)11-9-17(22)16-12-13(20)4-10-18(16)24-2/h4-8,10,12H,3,9,11H2,1-2H3,(H,21,23). The molecule has 0 aromatic heterocycles. The van der Waals surface area contributed by atoms with Crippen molar-refractivity contribution in [1.29, 1.82) is 0 Å². The molecule has 5 nitrogen and oxygen atoms in total. The lowest BCUT2D eigenvalue weighted by atomic mass is 10.1. The van der Waals surface area contributed by atoms with Crippen molar-refractivity contribution in [2.75, 3.05) is 19.0 Å². The van der Waals surface area contributed by atoms with Gasteiger partial charge >= 0.3 is 0 Å². The Morgan fingerprint density at radius 2 is 1.80 bits per heavy atom. The number of benzene rings is 2. The van der Waals surface area contributed by atoms with Gasteiger partial charge in [-0.1, -0.05) is 11.6 Å². The van der Waals surface area contributed by atoms with Gasteiger partial charge in [0.2, 0.25) is 5.91 Å². The largest absolute Gasteiger partial charge is 0.496 e. The van der Waals surface area contributed by atoms with Gasteiger partial charge in [0, 0.05) is 23.6 Å². The fraction of sp³-hybridized carbons (Fsp3) is 0.263. The summed E-state index contributed by atoms with van der Waals surface area (Å²) in [5.74, 6) is 0.754. The number of anilines is 1. The Kier molecular flexibility index (Phi) is 6.83. The van der Waals surface area contributed by atoms with Crippen molar-refractivity contribution in [2.45, 2.75) is 19.8 Å². The summed E-state index contributed by atoms with van der Waals surface area (Å²) in [4.78, 5) is 24.3. The highest BCUT2D eigenvalue weighted by Crippen LogP contribution is 2.24. The summed E-state index contributed by atoms with van der Waals surface area (Å²) in [5, 5.41) is 3.20. The molecule has 0 unspecified atom stereocenters. The molecule has 2 aromatic rings. The van der Waals surface area contributed by atoms with E-state index in [1.165, 1.54) is 7.11 Å². The molecule has 132 valence electrons. The number of hydrogen-bond acceptors (Lipinski definition) is 4. The van der Waals surface area contributed by atoms with E-state index in [0.717, 1.165) is 5.75 Å². The molecule has 6 heteroatoms. The Bertz CT molecular complexity index is 744. The number of hydrogen-bond donors (Lipinski definition) is 1. The van der Waals surface area contributed by atoms with Crippen LogP contribution in [-0.2, 0) is 4.79 Å². The van der Waals surface area contributed by atoms with E-state index < -0.39 is 0 Å². The van der Waals surface area contributed by atoms with Crippen LogP contribution in [0.1, 0.15) is 30.1 Å². The first-order valence-corrected chi connectivity index (χ1v) is 8.30. The zero-order valence-electron chi connectivity index (χ0n) is 14.2. The zero-order valence-corrected chi connectivity index (χ0v) is 14.9. The molecule has 25 heavy (non-hydrogen) atoms. The number of methoxy groups -OCH3 is 1. The Balaban J connectivity index is 1.91. The Morgan fingerprint density at radius 1 is 1.08 bits per heavy atom. The molecular weight excluding hydrogens is 342 g/mol. The van der Waals surface area contributed by atoms with Crippen molar-refractivity contribution < 1.29 is 19.1 Å². The Morgan fingerprint density at radius 3 is 2.44 bits per heavy atom. The lowest BCUT2D eigenvalue weighted by Crippen LogP contribution is -2.13. The van der Waals surface area contributed by atoms with E-state index in [9.17, 15) is 9.59 Å². The van der Waals surface area contributed by atoms with Crippen molar-refractivity contribution >= 4 is 29.0 Å². The fourth-order valence-corrected chi connectivity index (χ4v) is 2.46. The van der Waals surface area contributed by atoms with E-state index in [1.54, 1.807) is 42.5 Å². The van der Waals surface area contributed by atoms with Crippen molar-refractivity contribution in [3.8, 4) is 11.5 Å². The minimum atomic E-state index is -0.237. The molecule has 0 spiro atoms. The Labute approximate surface area is 151 Å². The van der Waals surface area contributed by atoms with Gasteiger partial charge in [0.25, 0.3) is 0 Å². The molecule has 0 bridgehead atoms. The van der Waals surface area contributed by atoms with Crippen LogP contribution in [0.5, 0.6) is 11.5 Å². The van der Waals surface area contributed by atoms with Crippen LogP contribution in [0.25, 0.3) is 0 Å². The number of carbonyl (C=O) groups is 2. The van der Waals surface area contributed by atoms with E-state index in [1.807, 2.05) is 6.92 Å². The van der Waals surface area contributed by atoms with Crippen molar-refractivity contribution in [1.82, 2.24) is 0 Å². The second-order valence-electron chi connectivity index (χ2n) is 5.27. The van der Waals surface area contributed by atoms with Crippen LogP contribution in [0.15, 0.2) is 42.5 Å². The smallest absolute Gasteiger partial charge is 0.224 e. The van der Waals surface area contributed by atoms with Crippen molar-refractivity contribution in [3.05, 3.63) is 53.1 Å². The first-order chi connectivity index (χ1) is 12.0. The molecular formula is C19H20ClNO4. The van der Waals surface area contributed by atoms with Crippen LogP contribution in [0, 0.1) is 0 Å². The van der Waals surface area contributed by atoms with Crippen LogP contribution in [-0.4, -0.2) is 25.4 Å². The number of rotatable bonds is 8. The number of amides is 1. The van der Waals surface area contributed by atoms with E-state index in [-0.39, 0.29) is 24.5 Å². The molecule has 1 amide bonds. The first-order valence-electron chi connectivity index (χ1n) is 7.93. The summed E-state index contributed by atoms with van der Waals surface area (Å²) in [6.07, 6.45) is 0.140. The quantitative estimate of drug-likeness (QED) is 0.710. The fourth-order valence-electron chi connectivity index (χ4n) is 2.28. The summed E-state index contributed by atoms with van der Waals surface area (Å²) in [6, 6.07) is 11.9. The number of ether oxygens (including phenoxy) is 2. The average molecular weight is 362 g/mol. The van der Waals surface area contributed by atoms with E-state index in [4.69, 9.17) is 21.1 Å². The lowest BCUT2D eigenvalue weighted by molar-refractivity contribution is -0.116. The molecule has 2 rings (SSSR count). The summed E-state index contributed by atoms with van der Waals surface area (Å²) in [5.41, 5.74) is 1.03. The van der Waals surface area contributed by atoms with Gasteiger partial charge in [-0.15, -0.1) is 0 Å². The van der Waals surface area contributed by atoms with Crippen LogP contribution < -0.4 is 14.8 Å². The third kappa shape index (κ3) is 5.50. The van der Waals surface area contributed by atoms with Crippen LogP contribution >= 0.6 is 11.6 Å². The number of carbonyl (C=O) groups excluding carboxylic acids is 2. The van der Waals surface area contributed by atoms with Gasteiger partial charge in [0.1, 0.15) is 11.5 Å². The SMILES string of the molecule is CCOc1ccc(NC(=O)CCC(=O)c2cc(Cl)ccc2OC)cc1. The molecule has 0 fully saturated rings. The third-order valence-electron chi connectivity index (χ3n) is 3.49. The predicted molar refractivity (Wildman–Crippen MR) is 97.8 cm³/mol. The maximum absolute atomic E-state index is 12.3. The van der Waals surface area contributed by atoms with Crippen molar-refractivity contribution in [2.24, 2.45) is 0 Å². The molecule has 0 aliphatic heterocycles. The third-order valence-corrected chi connectivity index (χ3v) is 3.73.